The van der Waals surface area contributed by atoms with E-state index in [-0.39, 0.29) is 16.1 Å². The van der Waals surface area contributed by atoms with Gasteiger partial charge >= 0.3 is 5.69 Å². The fourth-order valence-electron chi connectivity index (χ4n) is 4.39. The third-order valence-electron chi connectivity index (χ3n) is 6.28. The third kappa shape index (κ3) is 4.40. The lowest BCUT2D eigenvalue weighted by molar-refractivity contribution is 0.385. The van der Waals surface area contributed by atoms with E-state index in [1.165, 1.54) is 16.4 Å². The summed E-state index contributed by atoms with van der Waals surface area (Å²) in [4.78, 5) is 37.1. The normalized spacial score (nSPS) is 15.0. The first-order chi connectivity index (χ1) is 17.3. The van der Waals surface area contributed by atoms with Crippen LogP contribution in [-0.2, 0) is 16.6 Å². The first-order valence-electron chi connectivity index (χ1n) is 11.6. The molecule has 36 heavy (non-hydrogen) atoms. The Balaban J connectivity index is 1.35. The summed E-state index contributed by atoms with van der Waals surface area (Å²) >= 11 is 3.56. The van der Waals surface area contributed by atoms with Crippen molar-refractivity contribution in [1.29, 1.82) is 0 Å². The summed E-state index contributed by atoms with van der Waals surface area (Å²) in [5, 5.41) is 0. The number of aromatic amines is 2. The predicted octanol–water partition coefficient (Wildman–Crippen LogP) is 2.76. The molecule has 0 spiro atoms. The SMILES string of the molecule is CCCn1c(=O)[nH]c2nc(-c3ccc(S(=O)(=O)N4CCN(c5ccccc5Br)CC4)cc3)[nH]c2c1=O. The van der Waals surface area contributed by atoms with Crippen molar-refractivity contribution in [3.63, 3.8) is 0 Å². The third-order valence-corrected chi connectivity index (χ3v) is 8.86. The Hall–Kier alpha value is -3.22. The molecule has 12 heteroatoms. The van der Waals surface area contributed by atoms with E-state index >= 15 is 0 Å². The summed E-state index contributed by atoms with van der Waals surface area (Å²) in [6, 6.07) is 14.3. The van der Waals surface area contributed by atoms with Gasteiger partial charge in [-0.05, 0) is 58.7 Å². The van der Waals surface area contributed by atoms with Crippen LogP contribution in [0.2, 0.25) is 0 Å². The van der Waals surface area contributed by atoms with Crippen LogP contribution in [0.1, 0.15) is 13.3 Å². The van der Waals surface area contributed by atoms with Crippen molar-refractivity contribution in [2.45, 2.75) is 24.8 Å². The van der Waals surface area contributed by atoms with E-state index in [9.17, 15) is 18.0 Å². The number of imidazole rings is 1. The average Bonchev–Trinajstić information content (AvgIpc) is 3.31. The minimum absolute atomic E-state index is 0.173. The fraction of sp³-hybridized carbons (Fsp3) is 0.292. The van der Waals surface area contributed by atoms with Gasteiger partial charge in [0.2, 0.25) is 10.0 Å². The van der Waals surface area contributed by atoms with Gasteiger partial charge in [-0.15, -0.1) is 0 Å². The van der Waals surface area contributed by atoms with Gasteiger partial charge in [0.1, 0.15) is 11.3 Å². The predicted molar refractivity (Wildman–Crippen MR) is 142 cm³/mol. The van der Waals surface area contributed by atoms with Crippen LogP contribution in [0.5, 0.6) is 0 Å². The molecule has 0 atom stereocenters. The van der Waals surface area contributed by atoms with Crippen LogP contribution in [0.25, 0.3) is 22.6 Å². The van der Waals surface area contributed by atoms with Crippen molar-refractivity contribution in [1.82, 2.24) is 23.8 Å². The number of sulfonamides is 1. The zero-order chi connectivity index (χ0) is 25.4. The number of fused-ring (bicyclic) bond motifs is 1. The molecule has 5 rings (SSSR count). The summed E-state index contributed by atoms with van der Waals surface area (Å²) in [5.74, 6) is 0.373. The molecule has 2 aromatic heterocycles. The van der Waals surface area contributed by atoms with Crippen molar-refractivity contribution in [3.8, 4) is 11.4 Å². The smallest absolute Gasteiger partial charge is 0.330 e. The van der Waals surface area contributed by atoms with Gasteiger partial charge in [0.05, 0.1) is 10.6 Å². The molecule has 188 valence electrons. The Morgan fingerprint density at radius 3 is 2.33 bits per heavy atom. The van der Waals surface area contributed by atoms with Gasteiger partial charge in [0.25, 0.3) is 5.56 Å². The zero-order valence-electron chi connectivity index (χ0n) is 19.6. The number of benzene rings is 2. The number of piperazine rings is 1. The highest BCUT2D eigenvalue weighted by molar-refractivity contribution is 9.10. The second-order valence-electron chi connectivity index (χ2n) is 8.56. The molecule has 1 aliphatic heterocycles. The summed E-state index contributed by atoms with van der Waals surface area (Å²) in [5.41, 5.74) is 1.09. The molecule has 2 N–H and O–H groups in total. The standard InChI is InChI=1S/C24H25BrN6O4S/c1-2-11-31-23(32)20-22(28-24(31)33)27-21(26-20)16-7-9-17(10-8-16)36(34,35)30-14-12-29(13-15-30)19-6-4-3-5-18(19)25/h3-10H,2,11-15H2,1H3,(H,26,27)(H,28,33). The largest absolute Gasteiger partial charge is 0.368 e. The Kier molecular flexibility index (Phi) is 6.58. The second-order valence-corrected chi connectivity index (χ2v) is 11.4. The monoisotopic (exact) mass is 572 g/mol. The molecule has 2 aromatic carbocycles. The van der Waals surface area contributed by atoms with E-state index in [2.05, 4.69) is 35.8 Å². The Labute approximate surface area is 215 Å². The first kappa shape index (κ1) is 24.5. The molecule has 0 saturated carbocycles. The van der Waals surface area contributed by atoms with E-state index < -0.39 is 21.3 Å². The zero-order valence-corrected chi connectivity index (χ0v) is 22.0. The average molecular weight is 573 g/mol. The maximum absolute atomic E-state index is 13.3. The molecule has 10 nitrogen and oxygen atoms in total. The fourth-order valence-corrected chi connectivity index (χ4v) is 6.35. The molecule has 3 heterocycles. The van der Waals surface area contributed by atoms with Crippen molar-refractivity contribution >= 4 is 42.8 Å². The van der Waals surface area contributed by atoms with Gasteiger partial charge in [0.15, 0.2) is 5.65 Å². The molecular weight excluding hydrogens is 548 g/mol. The molecule has 0 aliphatic carbocycles. The van der Waals surface area contributed by atoms with Crippen LogP contribution in [0.15, 0.2) is 67.5 Å². The number of anilines is 1. The molecule has 0 unspecified atom stereocenters. The molecule has 4 aromatic rings. The molecular formula is C24H25BrN6O4S. The van der Waals surface area contributed by atoms with Crippen molar-refractivity contribution in [2.75, 3.05) is 31.1 Å². The van der Waals surface area contributed by atoms with Crippen LogP contribution in [0.4, 0.5) is 5.69 Å². The van der Waals surface area contributed by atoms with Crippen LogP contribution in [0.3, 0.4) is 0 Å². The number of aromatic nitrogens is 4. The summed E-state index contributed by atoms with van der Waals surface area (Å²) in [6.45, 7) is 4.13. The number of hydrogen-bond acceptors (Lipinski definition) is 6. The van der Waals surface area contributed by atoms with Gasteiger partial charge in [-0.1, -0.05) is 19.1 Å². The number of nitrogens with zero attached hydrogens (tertiary/aromatic N) is 4. The van der Waals surface area contributed by atoms with Crippen LogP contribution < -0.4 is 16.1 Å². The number of para-hydroxylation sites is 1. The van der Waals surface area contributed by atoms with Gasteiger partial charge in [-0.3, -0.25) is 14.3 Å². The lowest BCUT2D eigenvalue weighted by Gasteiger charge is -2.35. The number of H-pyrrole nitrogens is 2. The highest BCUT2D eigenvalue weighted by Gasteiger charge is 2.29. The maximum atomic E-state index is 13.3. The van der Waals surface area contributed by atoms with Gasteiger partial charge in [-0.25, -0.2) is 18.2 Å². The van der Waals surface area contributed by atoms with E-state index in [0.717, 1.165) is 14.7 Å². The van der Waals surface area contributed by atoms with E-state index in [1.54, 1.807) is 12.1 Å². The minimum Gasteiger partial charge on any atom is -0.368 e. The molecule has 0 bridgehead atoms. The summed E-state index contributed by atoms with van der Waals surface area (Å²) in [7, 11) is -3.66. The van der Waals surface area contributed by atoms with Crippen molar-refractivity contribution in [3.05, 3.63) is 73.8 Å². The van der Waals surface area contributed by atoms with Crippen molar-refractivity contribution in [2.24, 2.45) is 0 Å². The van der Waals surface area contributed by atoms with E-state index in [1.807, 2.05) is 31.2 Å². The minimum atomic E-state index is -3.66. The quantitative estimate of drug-likeness (QED) is 0.366. The number of halogens is 1. The topological polar surface area (TPSA) is 124 Å². The highest BCUT2D eigenvalue weighted by atomic mass is 79.9. The Morgan fingerprint density at radius 1 is 0.972 bits per heavy atom. The summed E-state index contributed by atoms with van der Waals surface area (Å²) in [6.07, 6.45) is 0.643. The van der Waals surface area contributed by atoms with Gasteiger partial charge < -0.3 is 9.88 Å². The van der Waals surface area contributed by atoms with Gasteiger partial charge in [0, 0.05) is 42.8 Å². The van der Waals surface area contributed by atoms with E-state index in [4.69, 9.17) is 0 Å². The number of hydrogen-bond donors (Lipinski definition) is 2. The Morgan fingerprint density at radius 2 is 1.67 bits per heavy atom. The lowest BCUT2D eigenvalue weighted by atomic mass is 10.2. The van der Waals surface area contributed by atoms with E-state index in [0.29, 0.717) is 50.5 Å². The summed E-state index contributed by atoms with van der Waals surface area (Å²) < 4.78 is 30.1. The molecule has 1 aliphatic rings. The second kappa shape index (κ2) is 9.68. The van der Waals surface area contributed by atoms with Gasteiger partial charge in [-0.2, -0.15) is 4.31 Å². The Bertz CT molecular complexity index is 1630. The lowest BCUT2D eigenvalue weighted by Crippen LogP contribution is -2.48. The highest BCUT2D eigenvalue weighted by Crippen LogP contribution is 2.28. The molecule has 1 fully saturated rings. The van der Waals surface area contributed by atoms with Crippen molar-refractivity contribution < 1.29 is 8.42 Å². The molecule has 0 amide bonds. The van der Waals surface area contributed by atoms with Crippen LogP contribution in [0, 0.1) is 0 Å². The number of nitrogens with one attached hydrogen (secondary N) is 2. The number of rotatable bonds is 6. The van der Waals surface area contributed by atoms with Crippen LogP contribution >= 0.6 is 15.9 Å². The maximum Gasteiger partial charge on any atom is 0.330 e. The molecule has 0 radical (unpaired) electrons. The van der Waals surface area contributed by atoms with Crippen LogP contribution in [-0.4, -0.2) is 58.4 Å². The first-order valence-corrected chi connectivity index (χ1v) is 13.9. The molecule has 1 saturated heterocycles.